The van der Waals surface area contributed by atoms with E-state index >= 15 is 0 Å². The molecule has 0 atom stereocenters. The molecule has 17 heavy (non-hydrogen) atoms. The van der Waals surface area contributed by atoms with Gasteiger partial charge >= 0.3 is 0 Å². The van der Waals surface area contributed by atoms with E-state index in [1.807, 2.05) is 13.1 Å². The third-order valence-electron chi connectivity index (χ3n) is 3.24. The Bertz CT molecular complexity index is 380. The van der Waals surface area contributed by atoms with Crippen molar-refractivity contribution in [1.82, 2.24) is 0 Å². The standard InChI is InChI=1S/C13H17ClFNO/c1-16(12-2-4-17-5-3-12)13-7-10(9-14)6-11(15)8-13/h6-8,12H,2-5,9H2,1H3. The zero-order chi connectivity index (χ0) is 12.3. The van der Waals surface area contributed by atoms with Crippen molar-refractivity contribution in [1.29, 1.82) is 0 Å². The summed E-state index contributed by atoms with van der Waals surface area (Å²) in [5.41, 5.74) is 1.72. The lowest BCUT2D eigenvalue weighted by Crippen LogP contribution is -2.36. The van der Waals surface area contributed by atoms with Gasteiger partial charge in [0.25, 0.3) is 0 Å². The van der Waals surface area contributed by atoms with Crippen LogP contribution in [0.25, 0.3) is 0 Å². The molecule has 4 heteroatoms. The lowest BCUT2D eigenvalue weighted by atomic mass is 10.1. The van der Waals surface area contributed by atoms with E-state index in [-0.39, 0.29) is 5.82 Å². The maximum absolute atomic E-state index is 13.4. The minimum atomic E-state index is -0.225. The summed E-state index contributed by atoms with van der Waals surface area (Å²) < 4.78 is 18.8. The topological polar surface area (TPSA) is 12.5 Å². The lowest BCUT2D eigenvalue weighted by molar-refractivity contribution is 0.0855. The molecule has 0 radical (unpaired) electrons. The number of alkyl halides is 1. The van der Waals surface area contributed by atoms with E-state index in [2.05, 4.69) is 4.90 Å². The zero-order valence-electron chi connectivity index (χ0n) is 9.96. The van der Waals surface area contributed by atoms with E-state index in [9.17, 15) is 4.39 Å². The number of rotatable bonds is 3. The van der Waals surface area contributed by atoms with Crippen LogP contribution in [0.1, 0.15) is 18.4 Å². The molecule has 1 aliphatic rings. The lowest BCUT2D eigenvalue weighted by Gasteiger charge is -2.33. The van der Waals surface area contributed by atoms with Crippen LogP contribution < -0.4 is 4.90 Å². The monoisotopic (exact) mass is 257 g/mol. The minimum Gasteiger partial charge on any atom is -0.381 e. The maximum Gasteiger partial charge on any atom is 0.125 e. The molecule has 0 saturated carbocycles. The van der Waals surface area contributed by atoms with Gasteiger partial charge in [0.15, 0.2) is 0 Å². The summed E-state index contributed by atoms with van der Waals surface area (Å²) in [6.45, 7) is 1.57. The van der Waals surface area contributed by atoms with Crippen LogP contribution in [0.3, 0.4) is 0 Å². The van der Waals surface area contributed by atoms with Crippen molar-refractivity contribution in [2.45, 2.75) is 24.8 Å². The first kappa shape index (κ1) is 12.7. The molecule has 0 aromatic heterocycles. The molecular weight excluding hydrogens is 241 g/mol. The Morgan fingerprint density at radius 3 is 2.71 bits per heavy atom. The third-order valence-corrected chi connectivity index (χ3v) is 3.55. The highest BCUT2D eigenvalue weighted by molar-refractivity contribution is 6.17. The SMILES string of the molecule is CN(c1cc(F)cc(CCl)c1)C1CCOCC1. The Morgan fingerprint density at radius 1 is 1.35 bits per heavy atom. The number of nitrogens with zero attached hydrogens (tertiary/aromatic N) is 1. The fourth-order valence-corrected chi connectivity index (χ4v) is 2.35. The first-order valence-electron chi connectivity index (χ1n) is 5.86. The normalized spacial score (nSPS) is 17.1. The molecule has 1 aromatic rings. The van der Waals surface area contributed by atoms with Crippen LogP contribution in [-0.2, 0) is 10.6 Å². The van der Waals surface area contributed by atoms with Gasteiger partial charge in [-0.2, -0.15) is 0 Å². The van der Waals surface area contributed by atoms with Gasteiger partial charge in [-0.1, -0.05) is 0 Å². The average Bonchev–Trinajstić information content (AvgIpc) is 2.38. The van der Waals surface area contributed by atoms with E-state index < -0.39 is 0 Å². The Balaban J connectivity index is 2.17. The molecule has 0 unspecified atom stereocenters. The number of benzene rings is 1. The Kier molecular flexibility index (Phi) is 4.24. The second kappa shape index (κ2) is 5.69. The summed E-state index contributed by atoms with van der Waals surface area (Å²) in [7, 11) is 2.00. The van der Waals surface area contributed by atoms with Crippen LogP contribution in [0.5, 0.6) is 0 Å². The number of hydrogen-bond donors (Lipinski definition) is 0. The van der Waals surface area contributed by atoms with E-state index in [0.717, 1.165) is 37.3 Å². The largest absolute Gasteiger partial charge is 0.381 e. The van der Waals surface area contributed by atoms with Gasteiger partial charge in [0, 0.05) is 37.9 Å². The molecule has 1 aromatic carbocycles. The van der Waals surface area contributed by atoms with Gasteiger partial charge in [0.1, 0.15) is 5.82 Å². The summed E-state index contributed by atoms with van der Waals surface area (Å²) in [5, 5.41) is 0. The van der Waals surface area contributed by atoms with E-state index in [1.54, 1.807) is 6.07 Å². The molecule has 1 saturated heterocycles. The number of anilines is 1. The van der Waals surface area contributed by atoms with Gasteiger partial charge in [-0.05, 0) is 36.6 Å². The molecule has 0 spiro atoms. The van der Waals surface area contributed by atoms with Crippen LogP contribution in [0.4, 0.5) is 10.1 Å². The number of hydrogen-bond acceptors (Lipinski definition) is 2. The van der Waals surface area contributed by atoms with Crippen molar-refractivity contribution in [3.8, 4) is 0 Å². The van der Waals surface area contributed by atoms with Gasteiger partial charge < -0.3 is 9.64 Å². The predicted molar refractivity (Wildman–Crippen MR) is 68.2 cm³/mol. The fourth-order valence-electron chi connectivity index (χ4n) is 2.20. The molecule has 94 valence electrons. The molecule has 0 bridgehead atoms. The molecule has 0 amide bonds. The molecule has 1 heterocycles. The first-order chi connectivity index (χ1) is 8.20. The summed E-state index contributed by atoms with van der Waals surface area (Å²) in [5.74, 6) is 0.115. The van der Waals surface area contributed by atoms with E-state index in [4.69, 9.17) is 16.3 Å². The van der Waals surface area contributed by atoms with Crippen LogP contribution >= 0.6 is 11.6 Å². The molecule has 1 aliphatic heterocycles. The molecule has 1 fully saturated rings. The fraction of sp³-hybridized carbons (Fsp3) is 0.538. The molecule has 2 rings (SSSR count). The van der Waals surface area contributed by atoms with Crippen molar-refractivity contribution in [3.63, 3.8) is 0 Å². The molecular formula is C13H17ClFNO. The van der Waals surface area contributed by atoms with Gasteiger partial charge in [-0.25, -0.2) is 4.39 Å². The second-order valence-corrected chi connectivity index (χ2v) is 4.67. The summed E-state index contributed by atoms with van der Waals surface area (Å²) in [6.07, 6.45) is 1.98. The second-order valence-electron chi connectivity index (χ2n) is 4.41. The van der Waals surface area contributed by atoms with Crippen LogP contribution in [-0.4, -0.2) is 26.3 Å². The van der Waals surface area contributed by atoms with Gasteiger partial charge in [0.2, 0.25) is 0 Å². The molecule has 2 nitrogen and oxygen atoms in total. The van der Waals surface area contributed by atoms with Crippen molar-refractivity contribution >= 4 is 17.3 Å². The summed E-state index contributed by atoms with van der Waals surface area (Å²) >= 11 is 5.76. The number of halogens is 2. The quantitative estimate of drug-likeness (QED) is 0.771. The van der Waals surface area contributed by atoms with Gasteiger partial charge in [-0.15, -0.1) is 11.6 Å². The van der Waals surface area contributed by atoms with E-state index in [1.165, 1.54) is 6.07 Å². The minimum absolute atomic E-state index is 0.225. The Morgan fingerprint density at radius 2 is 2.06 bits per heavy atom. The summed E-state index contributed by atoms with van der Waals surface area (Å²) in [6, 6.07) is 5.42. The molecule has 0 aliphatic carbocycles. The summed E-state index contributed by atoms with van der Waals surface area (Å²) in [4.78, 5) is 2.13. The zero-order valence-corrected chi connectivity index (χ0v) is 10.7. The highest BCUT2D eigenvalue weighted by Crippen LogP contribution is 2.24. The van der Waals surface area contributed by atoms with Crippen molar-refractivity contribution in [3.05, 3.63) is 29.6 Å². The highest BCUT2D eigenvalue weighted by atomic mass is 35.5. The number of ether oxygens (including phenoxy) is 1. The third kappa shape index (κ3) is 3.11. The van der Waals surface area contributed by atoms with Crippen LogP contribution in [0, 0.1) is 5.82 Å². The first-order valence-corrected chi connectivity index (χ1v) is 6.40. The Hall–Kier alpha value is -0.800. The van der Waals surface area contributed by atoms with Crippen molar-refractivity contribution in [2.75, 3.05) is 25.2 Å². The average molecular weight is 258 g/mol. The van der Waals surface area contributed by atoms with Crippen LogP contribution in [0.15, 0.2) is 18.2 Å². The Labute approximate surface area is 106 Å². The predicted octanol–water partition coefficient (Wildman–Crippen LogP) is 3.18. The smallest absolute Gasteiger partial charge is 0.125 e. The van der Waals surface area contributed by atoms with E-state index in [0.29, 0.717) is 11.9 Å². The highest BCUT2D eigenvalue weighted by Gasteiger charge is 2.19. The van der Waals surface area contributed by atoms with Gasteiger partial charge in [-0.3, -0.25) is 0 Å². The van der Waals surface area contributed by atoms with Crippen molar-refractivity contribution in [2.24, 2.45) is 0 Å². The van der Waals surface area contributed by atoms with Crippen LogP contribution in [0.2, 0.25) is 0 Å². The van der Waals surface area contributed by atoms with Gasteiger partial charge in [0.05, 0.1) is 0 Å². The maximum atomic E-state index is 13.4. The van der Waals surface area contributed by atoms with Crippen molar-refractivity contribution < 1.29 is 9.13 Å². The molecule has 0 N–H and O–H groups in total.